The molecule has 0 aromatic heterocycles. The standard InChI is InChI=1S/C12H10F3NO4/c1-2-19-11(18)4-7-3-8(17)5-10(9(7)6-16)20-12(13,14)15/h3,5,17H,2,4H2,1H3. The molecule has 0 spiro atoms. The first-order valence-corrected chi connectivity index (χ1v) is 5.44. The fourth-order valence-corrected chi connectivity index (χ4v) is 1.50. The van der Waals surface area contributed by atoms with Gasteiger partial charge in [-0.15, -0.1) is 13.2 Å². The second-order valence-corrected chi connectivity index (χ2v) is 3.62. The molecular weight excluding hydrogens is 279 g/mol. The van der Waals surface area contributed by atoms with Crippen LogP contribution < -0.4 is 4.74 Å². The van der Waals surface area contributed by atoms with E-state index in [2.05, 4.69) is 9.47 Å². The van der Waals surface area contributed by atoms with Gasteiger partial charge in [0.25, 0.3) is 0 Å². The minimum Gasteiger partial charge on any atom is -0.508 e. The molecule has 0 fully saturated rings. The highest BCUT2D eigenvalue weighted by molar-refractivity contribution is 5.74. The highest BCUT2D eigenvalue weighted by Gasteiger charge is 2.33. The normalized spacial score (nSPS) is 10.8. The monoisotopic (exact) mass is 289 g/mol. The average molecular weight is 289 g/mol. The van der Waals surface area contributed by atoms with E-state index < -0.39 is 35.8 Å². The molecule has 0 aliphatic heterocycles. The van der Waals surface area contributed by atoms with Crippen LogP contribution in [0.5, 0.6) is 11.5 Å². The first-order valence-electron chi connectivity index (χ1n) is 5.44. The lowest BCUT2D eigenvalue weighted by molar-refractivity contribution is -0.274. The number of nitriles is 1. The van der Waals surface area contributed by atoms with Crippen molar-refractivity contribution in [3.8, 4) is 17.6 Å². The van der Waals surface area contributed by atoms with Gasteiger partial charge in [0.15, 0.2) is 5.75 Å². The van der Waals surface area contributed by atoms with Crippen molar-refractivity contribution in [1.82, 2.24) is 0 Å². The molecule has 108 valence electrons. The Morgan fingerprint density at radius 3 is 2.60 bits per heavy atom. The SMILES string of the molecule is CCOC(=O)Cc1cc(O)cc(OC(F)(F)F)c1C#N. The van der Waals surface area contributed by atoms with Gasteiger partial charge in [-0.3, -0.25) is 4.79 Å². The molecule has 8 heteroatoms. The van der Waals surface area contributed by atoms with Crippen molar-refractivity contribution in [3.05, 3.63) is 23.3 Å². The van der Waals surface area contributed by atoms with Crippen LogP contribution in [0.25, 0.3) is 0 Å². The minimum absolute atomic E-state index is 0.0887. The van der Waals surface area contributed by atoms with E-state index in [1.807, 2.05) is 0 Å². The molecule has 0 heterocycles. The number of benzene rings is 1. The van der Waals surface area contributed by atoms with E-state index in [1.54, 1.807) is 6.92 Å². The second kappa shape index (κ2) is 6.14. The van der Waals surface area contributed by atoms with Gasteiger partial charge in [0, 0.05) is 6.07 Å². The average Bonchev–Trinajstić information content (AvgIpc) is 2.26. The number of nitrogens with zero attached hydrogens (tertiary/aromatic N) is 1. The van der Waals surface area contributed by atoms with E-state index in [0.717, 1.165) is 6.07 Å². The van der Waals surface area contributed by atoms with E-state index >= 15 is 0 Å². The maximum absolute atomic E-state index is 12.2. The summed E-state index contributed by atoms with van der Waals surface area (Å²) in [6.45, 7) is 1.65. The molecule has 1 aromatic rings. The largest absolute Gasteiger partial charge is 0.573 e. The van der Waals surface area contributed by atoms with E-state index in [-0.39, 0.29) is 12.2 Å². The second-order valence-electron chi connectivity index (χ2n) is 3.62. The molecule has 1 aromatic carbocycles. The zero-order chi connectivity index (χ0) is 15.3. The minimum atomic E-state index is -5.01. The number of alkyl halides is 3. The van der Waals surface area contributed by atoms with Gasteiger partial charge in [-0.05, 0) is 18.6 Å². The van der Waals surface area contributed by atoms with E-state index in [4.69, 9.17) is 5.26 Å². The predicted molar refractivity (Wildman–Crippen MR) is 59.8 cm³/mol. The van der Waals surface area contributed by atoms with Gasteiger partial charge < -0.3 is 14.6 Å². The summed E-state index contributed by atoms with van der Waals surface area (Å²) in [7, 11) is 0. The first-order chi connectivity index (χ1) is 9.26. The topological polar surface area (TPSA) is 79.6 Å². The summed E-state index contributed by atoms with van der Waals surface area (Å²) >= 11 is 0. The summed E-state index contributed by atoms with van der Waals surface area (Å²) < 4.78 is 44.9. The third-order valence-electron chi connectivity index (χ3n) is 2.15. The van der Waals surface area contributed by atoms with Crippen molar-refractivity contribution in [2.24, 2.45) is 0 Å². The molecule has 5 nitrogen and oxygen atoms in total. The summed E-state index contributed by atoms with van der Waals surface area (Å²) in [5.41, 5.74) is -0.585. The van der Waals surface area contributed by atoms with Crippen LogP contribution in [0.4, 0.5) is 13.2 Å². The van der Waals surface area contributed by atoms with Crippen LogP contribution in [0.1, 0.15) is 18.1 Å². The molecule has 0 saturated carbocycles. The van der Waals surface area contributed by atoms with E-state index in [0.29, 0.717) is 6.07 Å². The molecule has 0 aliphatic carbocycles. The lowest BCUT2D eigenvalue weighted by Gasteiger charge is -2.13. The van der Waals surface area contributed by atoms with Gasteiger partial charge in [-0.2, -0.15) is 5.26 Å². The van der Waals surface area contributed by atoms with Crippen molar-refractivity contribution < 1.29 is 32.5 Å². The fraction of sp³-hybridized carbons (Fsp3) is 0.333. The van der Waals surface area contributed by atoms with Crippen molar-refractivity contribution in [3.63, 3.8) is 0 Å². The Morgan fingerprint density at radius 1 is 1.45 bits per heavy atom. The maximum Gasteiger partial charge on any atom is 0.573 e. The zero-order valence-electron chi connectivity index (χ0n) is 10.3. The predicted octanol–water partition coefficient (Wildman–Crippen LogP) is 2.27. The smallest absolute Gasteiger partial charge is 0.508 e. The molecule has 0 bridgehead atoms. The number of halogens is 3. The Hall–Kier alpha value is -2.43. The van der Waals surface area contributed by atoms with Crippen LogP contribution >= 0.6 is 0 Å². The lowest BCUT2D eigenvalue weighted by Crippen LogP contribution is -2.18. The highest BCUT2D eigenvalue weighted by atomic mass is 19.4. The van der Waals surface area contributed by atoms with Crippen LogP contribution in [0.15, 0.2) is 12.1 Å². The highest BCUT2D eigenvalue weighted by Crippen LogP contribution is 2.32. The summed E-state index contributed by atoms with van der Waals surface area (Å²) in [6.07, 6.45) is -5.46. The summed E-state index contributed by atoms with van der Waals surface area (Å²) in [6, 6.07) is 3.18. The molecule has 1 N–H and O–H groups in total. The summed E-state index contributed by atoms with van der Waals surface area (Å²) in [4.78, 5) is 11.3. The number of phenolic OH excluding ortho intramolecular Hbond substituents is 1. The van der Waals surface area contributed by atoms with Crippen LogP contribution in [0.3, 0.4) is 0 Å². The van der Waals surface area contributed by atoms with Crippen LogP contribution in [-0.2, 0) is 16.0 Å². The molecule has 1 rings (SSSR count). The number of hydrogen-bond donors (Lipinski definition) is 1. The number of carbonyl (C=O) groups excluding carboxylic acids is 1. The number of ether oxygens (including phenoxy) is 2. The van der Waals surface area contributed by atoms with Gasteiger partial charge in [-0.25, -0.2) is 0 Å². The quantitative estimate of drug-likeness (QED) is 0.860. The molecule has 0 amide bonds. The number of hydrogen-bond acceptors (Lipinski definition) is 5. The Balaban J connectivity index is 3.18. The van der Waals surface area contributed by atoms with Crippen molar-refractivity contribution >= 4 is 5.97 Å². The Morgan fingerprint density at radius 2 is 2.10 bits per heavy atom. The molecule has 0 saturated heterocycles. The van der Waals surface area contributed by atoms with Gasteiger partial charge in [0.2, 0.25) is 0 Å². The summed E-state index contributed by atoms with van der Waals surface area (Å²) in [5.74, 6) is -2.14. The van der Waals surface area contributed by atoms with Crippen LogP contribution in [-0.4, -0.2) is 24.0 Å². The Bertz CT molecular complexity index is 549. The Labute approximate surface area is 112 Å². The number of esters is 1. The number of aromatic hydroxyl groups is 1. The number of phenols is 1. The molecule has 20 heavy (non-hydrogen) atoms. The van der Waals surface area contributed by atoms with Crippen molar-refractivity contribution in [2.75, 3.05) is 6.61 Å². The fourth-order valence-electron chi connectivity index (χ4n) is 1.50. The van der Waals surface area contributed by atoms with E-state index in [9.17, 15) is 23.1 Å². The molecule has 0 atom stereocenters. The third kappa shape index (κ3) is 4.35. The van der Waals surface area contributed by atoms with Gasteiger partial charge in [-0.1, -0.05) is 0 Å². The maximum atomic E-state index is 12.2. The number of rotatable bonds is 4. The Kier molecular flexibility index (Phi) is 4.80. The molecule has 0 unspecified atom stereocenters. The van der Waals surface area contributed by atoms with Gasteiger partial charge >= 0.3 is 12.3 Å². The van der Waals surface area contributed by atoms with Crippen LogP contribution in [0, 0.1) is 11.3 Å². The van der Waals surface area contributed by atoms with Gasteiger partial charge in [0.1, 0.15) is 11.8 Å². The lowest BCUT2D eigenvalue weighted by atomic mass is 10.0. The summed E-state index contributed by atoms with van der Waals surface area (Å²) in [5, 5.41) is 18.2. The third-order valence-corrected chi connectivity index (χ3v) is 2.15. The first kappa shape index (κ1) is 15.6. The molecule has 0 radical (unpaired) electrons. The molecule has 0 aliphatic rings. The number of carbonyl (C=O) groups is 1. The van der Waals surface area contributed by atoms with Gasteiger partial charge in [0.05, 0.1) is 18.6 Å². The van der Waals surface area contributed by atoms with Crippen LogP contribution in [0.2, 0.25) is 0 Å². The zero-order valence-corrected chi connectivity index (χ0v) is 10.3. The van der Waals surface area contributed by atoms with E-state index in [1.165, 1.54) is 6.07 Å². The van der Waals surface area contributed by atoms with Crippen molar-refractivity contribution in [1.29, 1.82) is 5.26 Å². The van der Waals surface area contributed by atoms with Crippen molar-refractivity contribution in [2.45, 2.75) is 19.7 Å². The molecular formula is C12H10F3NO4.